The zero-order valence-electron chi connectivity index (χ0n) is 8.71. The van der Waals surface area contributed by atoms with Gasteiger partial charge < -0.3 is 14.2 Å². The smallest absolute Gasteiger partial charge is 0.246 e. The average molecular weight is 207 g/mol. The molecule has 80 valence electrons. The first kappa shape index (κ1) is 9.76. The average Bonchev–Trinajstić information content (AvgIpc) is 2.76. The first-order valence-corrected chi connectivity index (χ1v) is 4.82. The van der Waals surface area contributed by atoms with Crippen molar-refractivity contribution in [3.05, 3.63) is 30.2 Å². The summed E-state index contributed by atoms with van der Waals surface area (Å²) in [6, 6.07) is 1.61. The van der Waals surface area contributed by atoms with Crippen LogP contribution in [-0.4, -0.2) is 19.8 Å². The molecular formula is C10H13N3O2. The zero-order chi connectivity index (χ0) is 10.8. The van der Waals surface area contributed by atoms with E-state index in [1.165, 1.54) is 0 Å². The highest BCUT2D eigenvalue weighted by molar-refractivity contribution is 5.15. The Balaban J connectivity index is 2.11. The standard InChI is InChI=1S/C10H13N3O2/c1-7(2)10-11-9(15-12-10)6-13-4-3-8(14)5-13/h3-5,7,14H,6H2,1-2H3. The van der Waals surface area contributed by atoms with E-state index in [9.17, 15) is 0 Å². The van der Waals surface area contributed by atoms with Crippen molar-refractivity contribution < 1.29 is 9.63 Å². The van der Waals surface area contributed by atoms with Gasteiger partial charge in [0.15, 0.2) is 5.82 Å². The molecular weight excluding hydrogens is 194 g/mol. The summed E-state index contributed by atoms with van der Waals surface area (Å²) in [4.78, 5) is 4.23. The van der Waals surface area contributed by atoms with Gasteiger partial charge in [-0.3, -0.25) is 0 Å². The third-order valence-electron chi connectivity index (χ3n) is 2.05. The number of aromatic hydroxyl groups is 1. The van der Waals surface area contributed by atoms with Gasteiger partial charge in [0.05, 0.1) is 0 Å². The second-order valence-corrected chi connectivity index (χ2v) is 3.74. The topological polar surface area (TPSA) is 64.1 Å². The number of hydrogen-bond donors (Lipinski definition) is 1. The van der Waals surface area contributed by atoms with Crippen molar-refractivity contribution in [2.24, 2.45) is 0 Å². The maximum atomic E-state index is 9.14. The lowest BCUT2D eigenvalue weighted by atomic mass is 10.2. The lowest BCUT2D eigenvalue weighted by molar-refractivity contribution is 0.364. The van der Waals surface area contributed by atoms with Gasteiger partial charge in [-0.15, -0.1) is 0 Å². The molecule has 0 fully saturated rings. The maximum absolute atomic E-state index is 9.14. The predicted octanol–water partition coefficient (Wildman–Crippen LogP) is 1.75. The highest BCUT2D eigenvalue weighted by atomic mass is 16.5. The molecule has 0 spiro atoms. The highest BCUT2D eigenvalue weighted by Gasteiger charge is 2.09. The second-order valence-electron chi connectivity index (χ2n) is 3.74. The van der Waals surface area contributed by atoms with Crippen molar-refractivity contribution in [1.29, 1.82) is 0 Å². The van der Waals surface area contributed by atoms with Crippen molar-refractivity contribution in [3.63, 3.8) is 0 Å². The third kappa shape index (κ3) is 2.18. The molecule has 5 nitrogen and oxygen atoms in total. The molecule has 2 heterocycles. The van der Waals surface area contributed by atoms with E-state index < -0.39 is 0 Å². The van der Waals surface area contributed by atoms with Gasteiger partial charge in [-0.05, 0) is 6.07 Å². The Bertz CT molecular complexity index is 445. The van der Waals surface area contributed by atoms with Crippen LogP contribution in [0.2, 0.25) is 0 Å². The fraction of sp³-hybridized carbons (Fsp3) is 0.400. The molecule has 0 saturated heterocycles. The highest BCUT2D eigenvalue weighted by Crippen LogP contribution is 2.12. The largest absolute Gasteiger partial charge is 0.506 e. The van der Waals surface area contributed by atoms with E-state index in [1.807, 2.05) is 13.8 Å². The molecule has 2 rings (SSSR count). The first-order chi connectivity index (χ1) is 7.15. The Morgan fingerprint density at radius 3 is 2.87 bits per heavy atom. The monoisotopic (exact) mass is 207 g/mol. The van der Waals surface area contributed by atoms with E-state index >= 15 is 0 Å². The van der Waals surface area contributed by atoms with Gasteiger partial charge in [0.25, 0.3) is 0 Å². The summed E-state index contributed by atoms with van der Waals surface area (Å²) in [5, 5.41) is 13.0. The van der Waals surface area contributed by atoms with Gasteiger partial charge in [0.2, 0.25) is 5.89 Å². The predicted molar refractivity (Wildman–Crippen MR) is 53.6 cm³/mol. The van der Waals surface area contributed by atoms with Gasteiger partial charge >= 0.3 is 0 Å². The van der Waals surface area contributed by atoms with Gasteiger partial charge in [0, 0.05) is 18.3 Å². The molecule has 0 aliphatic heterocycles. The molecule has 1 N–H and O–H groups in total. The lowest BCUT2D eigenvalue weighted by Gasteiger charge is -1.95. The van der Waals surface area contributed by atoms with Crippen LogP contribution >= 0.6 is 0 Å². The molecule has 2 aromatic rings. The molecule has 0 aliphatic carbocycles. The van der Waals surface area contributed by atoms with Crippen LogP contribution in [0.4, 0.5) is 0 Å². The van der Waals surface area contributed by atoms with Gasteiger partial charge in [-0.2, -0.15) is 4.98 Å². The molecule has 0 unspecified atom stereocenters. The van der Waals surface area contributed by atoms with Crippen LogP contribution in [0.15, 0.2) is 23.0 Å². The van der Waals surface area contributed by atoms with E-state index in [4.69, 9.17) is 9.63 Å². The van der Waals surface area contributed by atoms with Gasteiger partial charge in [0.1, 0.15) is 12.3 Å². The summed E-state index contributed by atoms with van der Waals surface area (Å²) in [5.74, 6) is 1.76. The fourth-order valence-corrected chi connectivity index (χ4v) is 1.25. The summed E-state index contributed by atoms with van der Waals surface area (Å²) in [6.07, 6.45) is 3.37. The second kappa shape index (κ2) is 3.76. The molecule has 0 saturated carbocycles. The van der Waals surface area contributed by atoms with Crippen molar-refractivity contribution in [2.75, 3.05) is 0 Å². The molecule has 15 heavy (non-hydrogen) atoms. The molecule has 0 aliphatic rings. The lowest BCUT2D eigenvalue weighted by Crippen LogP contribution is -1.97. The van der Waals surface area contributed by atoms with E-state index in [2.05, 4.69) is 10.1 Å². The zero-order valence-corrected chi connectivity index (χ0v) is 8.71. The van der Waals surface area contributed by atoms with E-state index in [-0.39, 0.29) is 11.7 Å². The number of aromatic nitrogens is 3. The molecule has 0 amide bonds. The molecule has 0 atom stereocenters. The fourth-order valence-electron chi connectivity index (χ4n) is 1.25. The van der Waals surface area contributed by atoms with Gasteiger partial charge in [-0.1, -0.05) is 19.0 Å². The third-order valence-corrected chi connectivity index (χ3v) is 2.05. The SMILES string of the molecule is CC(C)c1noc(Cn2ccc(O)c2)n1. The number of rotatable bonds is 3. The van der Waals surface area contributed by atoms with Crippen molar-refractivity contribution >= 4 is 0 Å². The maximum Gasteiger partial charge on any atom is 0.246 e. The molecule has 2 aromatic heterocycles. The van der Waals surface area contributed by atoms with Crippen molar-refractivity contribution in [3.8, 4) is 5.75 Å². The van der Waals surface area contributed by atoms with Crippen LogP contribution < -0.4 is 0 Å². The Kier molecular flexibility index (Phi) is 2.45. The van der Waals surface area contributed by atoms with Crippen LogP contribution in [0.1, 0.15) is 31.5 Å². The Labute approximate surface area is 87.3 Å². The van der Waals surface area contributed by atoms with Crippen LogP contribution in [0.3, 0.4) is 0 Å². The Morgan fingerprint density at radius 2 is 2.33 bits per heavy atom. The quantitative estimate of drug-likeness (QED) is 0.832. The first-order valence-electron chi connectivity index (χ1n) is 4.82. The number of hydrogen-bond acceptors (Lipinski definition) is 4. The van der Waals surface area contributed by atoms with E-state index in [0.717, 1.165) is 0 Å². The minimum atomic E-state index is 0.235. The minimum absolute atomic E-state index is 0.235. The Hall–Kier alpha value is -1.78. The summed E-state index contributed by atoms with van der Waals surface area (Å²) < 4.78 is 6.86. The normalized spacial score (nSPS) is 11.1. The van der Waals surface area contributed by atoms with Crippen LogP contribution in [0.5, 0.6) is 5.75 Å². The summed E-state index contributed by atoms with van der Waals surface area (Å²) in [6.45, 7) is 4.51. The summed E-state index contributed by atoms with van der Waals surface area (Å²) >= 11 is 0. The van der Waals surface area contributed by atoms with Crippen LogP contribution in [0, 0.1) is 0 Å². The molecule has 0 bridgehead atoms. The van der Waals surface area contributed by atoms with Crippen LogP contribution in [-0.2, 0) is 6.54 Å². The summed E-state index contributed by atoms with van der Waals surface area (Å²) in [5.41, 5.74) is 0. The van der Waals surface area contributed by atoms with Crippen molar-refractivity contribution in [1.82, 2.24) is 14.7 Å². The van der Waals surface area contributed by atoms with Crippen LogP contribution in [0.25, 0.3) is 0 Å². The van der Waals surface area contributed by atoms with Gasteiger partial charge in [-0.25, -0.2) is 0 Å². The van der Waals surface area contributed by atoms with E-state index in [0.29, 0.717) is 18.3 Å². The molecule has 5 heteroatoms. The van der Waals surface area contributed by atoms with E-state index in [1.54, 1.807) is 23.0 Å². The minimum Gasteiger partial charge on any atom is -0.506 e. The van der Waals surface area contributed by atoms with Crippen molar-refractivity contribution in [2.45, 2.75) is 26.3 Å². The number of nitrogens with zero attached hydrogens (tertiary/aromatic N) is 3. The molecule has 0 aromatic carbocycles. The Morgan fingerprint density at radius 1 is 1.53 bits per heavy atom. The molecule has 0 radical (unpaired) electrons. The summed E-state index contributed by atoms with van der Waals surface area (Å²) in [7, 11) is 0.